The van der Waals surface area contributed by atoms with Crippen LogP contribution in [-0.4, -0.2) is 20.7 Å². The van der Waals surface area contributed by atoms with E-state index in [-0.39, 0.29) is 10.8 Å². The lowest BCUT2D eigenvalue weighted by Crippen LogP contribution is -2.53. The zero-order valence-electron chi connectivity index (χ0n) is 20.7. The van der Waals surface area contributed by atoms with Crippen LogP contribution in [0.4, 0.5) is 10.9 Å². The SMILES string of the molecule is C#C[C@]1(O)CC[C@H]2[C@@H]3CC=C4c5sc(Nc6cc(C)cc(C)n6)nc5CC[C@]4(C)[C@H]3CC[C@@]21C. The molecule has 4 aliphatic rings. The average molecular weight is 474 g/mol. The van der Waals surface area contributed by atoms with Crippen LogP contribution in [0.15, 0.2) is 18.2 Å². The Labute approximate surface area is 207 Å². The van der Waals surface area contributed by atoms with Gasteiger partial charge in [0.2, 0.25) is 0 Å². The van der Waals surface area contributed by atoms with E-state index in [1.165, 1.54) is 21.7 Å². The number of terminal acetylenes is 1. The summed E-state index contributed by atoms with van der Waals surface area (Å²) in [4.78, 5) is 11.0. The number of aryl methyl sites for hydroxylation is 3. The maximum atomic E-state index is 11.3. The molecule has 178 valence electrons. The lowest BCUT2D eigenvalue weighted by atomic mass is 9.47. The van der Waals surface area contributed by atoms with Gasteiger partial charge in [-0.1, -0.05) is 37.2 Å². The molecule has 2 aromatic rings. The monoisotopic (exact) mass is 473 g/mol. The van der Waals surface area contributed by atoms with Crippen LogP contribution in [0.25, 0.3) is 5.57 Å². The van der Waals surface area contributed by atoms with E-state index in [1.54, 1.807) is 11.3 Å². The first-order valence-corrected chi connectivity index (χ1v) is 13.6. The average Bonchev–Trinajstić information content (AvgIpc) is 3.31. The third-order valence-electron chi connectivity index (χ3n) is 10.0. The van der Waals surface area contributed by atoms with Gasteiger partial charge in [-0.25, -0.2) is 9.97 Å². The summed E-state index contributed by atoms with van der Waals surface area (Å²) >= 11 is 1.79. The third-order valence-corrected chi connectivity index (χ3v) is 11.1. The number of hydrogen-bond donors (Lipinski definition) is 2. The summed E-state index contributed by atoms with van der Waals surface area (Å²) in [6.07, 6.45) is 15.7. The number of nitrogens with zero attached hydrogens (tertiary/aromatic N) is 2. The Morgan fingerprint density at radius 2 is 1.91 bits per heavy atom. The lowest BCUT2D eigenvalue weighted by Gasteiger charge is -2.57. The minimum Gasteiger partial charge on any atom is -0.377 e. The Morgan fingerprint density at radius 3 is 2.68 bits per heavy atom. The van der Waals surface area contributed by atoms with Crippen LogP contribution in [0.1, 0.15) is 74.2 Å². The van der Waals surface area contributed by atoms with Crippen molar-refractivity contribution in [2.45, 2.75) is 78.2 Å². The highest BCUT2D eigenvalue weighted by Crippen LogP contribution is 2.68. The van der Waals surface area contributed by atoms with Crippen LogP contribution in [0.2, 0.25) is 0 Å². The second-order valence-corrected chi connectivity index (χ2v) is 12.7. The highest BCUT2D eigenvalue weighted by molar-refractivity contribution is 7.16. The van der Waals surface area contributed by atoms with Gasteiger partial charge in [-0.2, -0.15) is 0 Å². The number of rotatable bonds is 2. The summed E-state index contributed by atoms with van der Waals surface area (Å²) in [6.45, 7) is 8.90. The van der Waals surface area contributed by atoms with E-state index in [0.29, 0.717) is 17.8 Å². The molecule has 2 N–H and O–H groups in total. The first kappa shape index (κ1) is 22.3. The van der Waals surface area contributed by atoms with Crippen LogP contribution in [0, 0.1) is 54.8 Å². The maximum Gasteiger partial charge on any atom is 0.189 e. The first-order valence-electron chi connectivity index (χ1n) is 12.8. The molecule has 0 amide bonds. The summed E-state index contributed by atoms with van der Waals surface area (Å²) in [7, 11) is 0. The molecule has 34 heavy (non-hydrogen) atoms. The number of anilines is 2. The molecule has 0 unspecified atom stereocenters. The molecule has 0 spiro atoms. The Kier molecular flexibility index (Phi) is 4.87. The standard InChI is InChI=1S/C29H35N3OS/c1-6-29(33)14-10-21-19-7-8-22-25-23(11-12-27(22,4)20(19)9-13-28(21,29)5)31-26(34-25)32-24-16-17(2)15-18(3)30-24/h1,8,15-16,19-21,33H,7,9-14H2,2-5H3,(H,30,31,32)/t19-,20+,21+,27-,28+,29+/m1/s1. The molecule has 6 atom stereocenters. The largest absolute Gasteiger partial charge is 0.377 e. The van der Waals surface area contributed by atoms with Gasteiger partial charge in [-0.05, 0) is 105 Å². The molecule has 4 aliphatic carbocycles. The fraction of sp³-hybridized carbons (Fsp3) is 0.586. The van der Waals surface area contributed by atoms with Gasteiger partial charge in [0.1, 0.15) is 11.4 Å². The van der Waals surface area contributed by atoms with Crippen LogP contribution in [0.3, 0.4) is 0 Å². The fourth-order valence-electron chi connectivity index (χ4n) is 8.20. The molecule has 6 rings (SSSR count). The number of pyridine rings is 1. The number of aromatic nitrogens is 2. The van der Waals surface area contributed by atoms with Gasteiger partial charge in [0.05, 0.1) is 10.6 Å². The lowest BCUT2D eigenvalue weighted by molar-refractivity contribution is -0.0886. The first-order chi connectivity index (χ1) is 16.2. The van der Waals surface area contributed by atoms with E-state index >= 15 is 0 Å². The highest BCUT2D eigenvalue weighted by atomic mass is 32.1. The van der Waals surface area contributed by atoms with E-state index in [2.05, 4.69) is 55.2 Å². The number of nitrogens with one attached hydrogen (secondary N) is 1. The summed E-state index contributed by atoms with van der Waals surface area (Å²) < 4.78 is 0. The van der Waals surface area contributed by atoms with Crippen LogP contribution in [0.5, 0.6) is 0 Å². The van der Waals surface area contributed by atoms with E-state index in [4.69, 9.17) is 11.4 Å². The van der Waals surface area contributed by atoms with Gasteiger partial charge in [0.15, 0.2) is 5.13 Å². The maximum absolute atomic E-state index is 11.3. The molecule has 0 aromatic carbocycles. The summed E-state index contributed by atoms with van der Waals surface area (Å²) in [5, 5.41) is 15.7. The van der Waals surface area contributed by atoms with Gasteiger partial charge in [-0.15, -0.1) is 6.42 Å². The van der Waals surface area contributed by atoms with E-state index in [0.717, 1.165) is 61.6 Å². The van der Waals surface area contributed by atoms with Crippen molar-refractivity contribution in [2.75, 3.05) is 5.32 Å². The number of thiazole rings is 1. The molecule has 2 fully saturated rings. The highest BCUT2D eigenvalue weighted by Gasteiger charge is 2.63. The molecule has 2 heterocycles. The summed E-state index contributed by atoms with van der Waals surface area (Å²) in [5.74, 6) is 5.45. The van der Waals surface area contributed by atoms with Crippen LogP contribution >= 0.6 is 11.3 Å². The second kappa shape index (κ2) is 7.42. The molecule has 5 heteroatoms. The van der Waals surface area contributed by atoms with E-state index in [9.17, 15) is 5.11 Å². The Hall–Kier alpha value is -2.16. The number of hydrogen-bond acceptors (Lipinski definition) is 5. The predicted octanol–water partition coefficient (Wildman–Crippen LogP) is 6.44. The normalized spacial score (nSPS) is 38.1. The van der Waals surface area contributed by atoms with Crippen molar-refractivity contribution in [3.8, 4) is 12.3 Å². The van der Waals surface area contributed by atoms with Gasteiger partial charge in [0.25, 0.3) is 0 Å². The van der Waals surface area contributed by atoms with Gasteiger partial charge in [-0.3, -0.25) is 0 Å². The van der Waals surface area contributed by atoms with Crippen molar-refractivity contribution < 1.29 is 5.11 Å². The van der Waals surface area contributed by atoms with Gasteiger partial charge in [0, 0.05) is 11.1 Å². The topological polar surface area (TPSA) is 58.0 Å². The summed E-state index contributed by atoms with van der Waals surface area (Å²) in [6, 6.07) is 4.18. The molecule has 4 nitrogen and oxygen atoms in total. The van der Waals surface area contributed by atoms with E-state index < -0.39 is 5.60 Å². The molecule has 0 saturated heterocycles. The van der Waals surface area contributed by atoms with Crippen LogP contribution in [-0.2, 0) is 6.42 Å². The minimum atomic E-state index is -0.937. The quantitative estimate of drug-likeness (QED) is 0.493. The molecule has 0 radical (unpaired) electrons. The Bertz CT molecular complexity index is 1220. The Balaban J connectivity index is 1.32. The van der Waals surface area contributed by atoms with Crippen molar-refractivity contribution in [3.63, 3.8) is 0 Å². The number of aliphatic hydroxyl groups is 1. The molecule has 2 aromatic heterocycles. The van der Waals surface area contributed by atoms with E-state index in [1.807, 2.05) is 6.92 Å². The molecule has 0 aliphatic heterocycles. The fourth-order valence-corrected chi connectivity index (χ4v) is 9.39. The smallest absolute Gasteiger partial charge is 0.189 e. The Morgan fingerprint density at radius 1 is 1.12 bits per heavy atom. The third kappa shape index (κ3) is 3.01. The van der Waals surface area contributed by atoms with Crippen molar-refractivity contribution >= 4 is 27.9 Å². The minimum absolute atomic E-state index is 0.148. The molecule has 0 bridgehead atoms. The zero-order chi connectivity index (χ0) is 23.9. The summed E-state index contributed by atoms with van der Waals surface area (Å²) in [5.41, 5.74) is 4.07. The second-order valence-electron chi connectivity index (χ2n) is 11.7. The van der Waals surface area contributed by atoms with Crippen molar-refractivity contribution in [3.05, 3.63) is 40.0 Å². The number of fused-ring (bicyclic) bond motifs is 7. The van der Waals surface area contributed by atoms with Gasteiger partial charge < -0.3 is 10.4 Å². The number of allylic oxidation sites excluding steroid dienone is 2. The molecular formula is C29H35N3OS. The van der Waals surface area contributed by atoms with Gasteiger partial charge >= 0.3 is 0 Å². The molecular weight excluding hydrogens is 438 g/mol. The molecule has 2 saturated carbocycles. The van der Waals surface area contributed by atoms with Crippen molar-refractivity contribution in [1.29, 1.82) is 0 Å². The van der Waals surface area contributed by atoms with Crippen molar-refractivity contribution in [2.24, 2.45) is 28.6 Å². The zero-order valence-corrected chi connectivity index (χ0v) is 21.6. The predicted molar refractivity (Wildman–Crippen MR) is 139 cm³/mol. The van der Waals surface area contributed by atoms with Crippen LogP contribution < -0.4 is 5.32 Å². The van der Waals surface area contributed by atoms with Crippen molar-refractivity contribution in [1.82, 2.24) is 9.97 Å².